The quantitative estimate of drug-likeness (QED) is 0.802. The van der Waals surface area contributed by atoms with Crippen LogP contribution in [0.4, 0.5) is 0 Å². The summed E-state index contributed by atoms with van der Waals surface area (Å²) in [4.78, 5) is 0. The number of aliphatic hydroxyl groups excluding tert-OH is 1. The van der Waals surface area contributed by atoms with E-state index >= 15 is 0 Å². The third-order valence-electron chi connectivity index (χ3n) is 3.69. The van der Waals surface area contributed by atoms with Gasteiger partial charge in [-0.05, 0) is 18.9 Å². The molecule has 15 heavy (non-hydrogen) atoms. The van der Waals surface area contributed by atoms with Gasteiger partial charge in [0.1, 0.15) is 0 Å². The predicted molar refractivity (Wildman–Crippen MR) is 58.2 cm³/mol. The van der Waals surface area contributed by atoms with Crippen LogP contribution in [-0.2, 0) is 0 Å². The molecule has 2 rings (SSSR count). The number of nitrogens with two attached hydrogens (primary N) is 1. The lowest BCUT2D eigenvalue weighted by atomic mass is 9.69. The van der Waals surface area contributed by atoms with E-state index in [-0.39, 0.29) is 5.41 Å². The first-order valence-corrected chi connectivity index (χ1v) is 5.69. The van der Waals surface area contributed by atoms with Crippen LogP contribution in [0.15, 0.2) is 23.0 Å². The summed E-state index contributed by atoms with van der Waals surface area (Å²) in [5.41, 5.74) is 6.60. The fourth-order valence-electron chi connectivity index (χ4n) is 2.63. The zero-order chi connectivity index (χ0) is 10.7. The van der Waals surface area contributed by atoms with Crippen LogP contribution in [0.5, 0.6) is 0 Å². The number of hydrogen-bond acceptors (Lipinski definition) is 3. The van der Waals surface area contributed by atoms with E-state index in [0.717, 1.165) is 18.4 Å². The molecule has 84 valence electrons. The Morgan fingerprint density at radius 2 is 2.13 bits per heavy atom. The van der Waals surface area contributed by atoms with E-state index in [1.54, 1.807) is 12.5 Å². The molecule has 3 N–H and O–H groups in total. The molecular weight excluding hydrogens is 190 g/mol. The van der Waals surface area contributed by atoms with E-state index in [0.29, 0.717) is 6.54 Å². The van der Waals surface area contributed by atoms with E-state index < -0.39 is 6.10 Å². The van der Waals surface area contributed by atoms with Crippen molar-refractivity contribution >= 4 is 0 Å². The first kappa shape index (κ1) is 10.7. The fourth-order valence-corrected chi connectivity index (χ4v) is 2.63. The Labute approximate surface area is 90.3 Å². The summed E-state index contributed by atoms with van der Waals surface area (Å²) in [6, 6.07) is 1.83. The largest absolute Gasteiger partial charge is 0.472 e. The smallest absolute Gasteiger partial charge is 0.0960 e. The molecule has 1 unspecified atom stereocenters. The summed E-state index contributed by atoms with van der Waals surface area (Å²) in [5, 5.41) is 10.3. The summed E-state index contributed by atoms with van der Waals surface area (Å²) >= 11 is 0. The molecule has 1 aromatic heterocycles. The Kier molecular flexibility index (Phi) is 3.12. The lowest BCUT2D eigenvalue weighted by Crippen LogP contribution is -2.38. The van der Waals surface area contributed by atoms with Gasteiger partial charge in [-0.25, -0.2) is 0 Å². The third kappa shape index (κ3) is 1.94. The summed E-state index contributed by atoms with van der Waals surface area (Å²) in [5.74, 6) is 0. The minimum absolute atomic E-state index is 0.123. The lowest BCUT2D eigenvalue weighted by molar-refractivity contribution is 0.000347. The average Bonchev–Trinajstić information content (AvgIpc) is 2.82. The van der Waals surface area contributed by atoms with Crippen LogP contribution >= 0.6 is 0 Å². The molecule has 0 bridgehead atoms. The maximum Gasteiger partial charge on any atom is 0.0960 e. The topological polar surface area (TPSA) is 59.4 Å². The van der Waals surface area contributed by atoms with E-state index in [4.69, 9.17) is 10.2 Å². The summed E-state index contributed by atoms with van der Waals surface area (Å²) in [6.07, 6.45) is 8.41. The Balaban J connectivity index is 2.18. The Bertz CT molecular complexity index is 289. The molecule has 1 atom stereocenters. The van der Waals surface area contributed by atoms with Crippen molar-refractivity contribution in [1.82, 2.24) is 0 Å². The lowest BCUT2D eigenvalue weighted by Gasteiger charge is -2.39. The first-order chi connectivity index (χ1) is 7.28. The zero-order valence-electron chi connectivity index (χ0n) is 8.98. The van der Waals surface area contributed by atoms with Crippen LogP contribution in [-0.4, -0.2) is 11.7 Å². The molecule has 1 aromatic rings. The van der Waals surface area contributed by atoms with Gasteiger partial charge in [-0.2, -0.15) is 0 Å². The van der Waals surface area contributed by atoms with E-state index in [2.05, 4.69) is 0 Å². The second-order valence-corrected chi connectivity index (χ2v) is 4.59. The molecule has 0 aromatic carbocycles. The SMILES string of the molecule is NCC1(C(O)c2ccoc2)CCCCC1. The second kappa shape index (κ2) is 4.37. The second-order valence-electron chi connectivity index (χ2n) is 4.59. The third-order valence-corrected chi connectivity index (χ3v) is 3.69. The van der Waals surface area contributed by atoms with Gasteiger partial charge >= 0.3 is 0 Å². The minimum atomic E-state index is -0.471. The highest BCUT2D eigenvalue weighted by atomic mass is 16.3. The first-order valence-electron chi connectivity index (χ1n) is 5.69. The number of rotatable bonds is 3. The maximum atomic E-state index is 10.3. The molecule has 1 fully saturated rings. The molecule has 0 radical (unpaired) electrons. The highest BCUT2D eigenvalue weighted by Gasteiger charge is 2.38. The molecule has 3 nitrogen and oxygen atoms in total. The molecular formula is C12H19NO2. The van der Waals surface area contributed by atoms with Crippen LogP contribution in [0.2, 0.25) is 0 Å². The van der Waals surface area contributed by atoms with Crippen molar-refractivity contribution in [3.8, 4) is 0 Å². The van der Waals surface area contributed by atoms with Gasteiger partial charge in [0.25, 0.3) is 0 Å². The molecule has 1 aliphatic rings. The normalized spacial score (nSPS) is 22.5. The van der Waals surface area contributed by atoms with Gasteiger partial charge in [0.2, 0.25) is 0 Å². The van der Waals surface area contributed by atoms with E-state index in [1.807, 2.05) is 6.07 Å². The van der Waals surface area contributed by atoms with Crippen molar-refractivity contribution in [2.24, 2.45) is 11.1 Å². The van der Waals surface area contributed by atoms with Gasteiger partial charge in [0, 0.05) is 17.5 Å². The molecule has 1 heterocycles. The molecule has 1 aliphatic carbocycles. The van der Waals surface area contributed by atoms with Crippen molar-refractivity contribution in [3.63, 3.8) is 0 Å². The van der Waals surface area contributed by atoms with Crippen molar-refractivity contribution in [1.29, 1.82) is 0 Å². The summed E-state index contributed by atoms with van der Waals surface area (Å²) in [7, 11) is 0. The summed E-state index contributed by atoms with van der Waals surface area (Å²) in [6.45, 7) is 0.555. The molecule has 0 spiro atoms. The van der Waals surface area contributed by atoms with E-state index in [1.165, 1.54) is 19.3 Å². The van der Waals surface area contributed by atoms with Gasteiger partial charge in [-0.15, -0.1) is 0 Å². The van der Waals surface area contributed by atoms with Crippen LogP contribution in [0.1, 0.15) is 43.8 Å². The molecule has 0 amide bonds. The number of aliphatic hydroxyl groups is 1. The molecule has 3 heteroatoms. The van der Waals surface area contributed by atoms with Crippen molar-refractivity contribution in [3.05, 3.63) is 24.2 Å². The Morgan fingerprint density at radius 1 is 1.40 bits per heavy atom. The zero-order valence-corrected chi connectivity index (χ0v) is 8.98. The van der Waals surface area contributed by atoms with Gasteiger partial charge in [0.05, 0.1) is 18.6 Å². The van der Waals surface area contributed by atoms with Gasteiger partial charge in [0.15, 0.2) is 0 Å². The molecule has 0 saturated heterocycles. The highest BCUT2D eigenvalue weighted by molar-refractivity contribution is 5.14. The monoisotopic (exact) mass is 209 g/mol. The maximum absolute atomic E-state index is 10.3. The highest BCUT2D eigenvalue weighted by Crippen LogP contribution is 2.45. The number of hydrogen-bond donors (Lipinski definition) is 2. The molecule has 1 saturated carbocycles. The van der Waals surface area contributed by atoms with Crippen LogP contribution in [0.25, 0.3) is 0 Å². The Morgan fingerprint density at radius 3 is 2.67 bits per heavy atom. The average molecular weight is 209 g/mol. The van der Waals surface area contributed by atoms with Crippen LogP contribution < -0.4 is 5.73 Å². The van der Waals surface area contributed by atoms with Crippen LogP contribution in [0.3, 0.4) is 0 Å². The minimum Gasteiger partial charge on any atom is -0.472 e. The van der Waals surface area contributed by atoms with Crippen LogP contribution in [0, 0.1) is 5.41 Å². The predicted octanol–water partition coefficient (Wildman–Crippen LogP) is 2.22. The standard InChI is InChI=1S/C12H19NO2/c13-9-12(5-2-1-3-6-12)11(14)10-4-7-15-8-10/h4,7-8,11,14H,1-3,5-6,9,13H2. The van der Waals surface area contributed by atoms with Gasteiger partial charge in [-0.3, -0.25) is 0 Å². The molecule has 0 aliphatic heterocycles. The van der Waals surface area contributed by atoms with Crippen molar-refractivity contribution in [2.45, 2.75) is 38.2 Å². The fraction of sp³-hybridized carbons (Fsp3) is 0.667. The summed E-state index contributed by atoms with van der Waals surface area (Å²) < 4.78 is 5.02. The van der Waals surface area contributed by atoms with Crippen molar-refractivity contribution < 1.29 is 9.52 Å². The Hall–Kier alpha value is -0.800. The van der Waals surface area contributed by atoms with Gasteiger partial charge < -0.3 is 15.3 Å². The number of furan rings is 1. The van der Waals surface area contributed by atoms with E-state index in [9.17, 15) is 5.11 Å². The van der Waals surface area contributed by atoms with Crippen molar-refractivity contribution in [2.75, 3.05) is 6.54 Å². The van der Waals surface area contributed by atoms with Gasteiger partial charge in [-0.1, -0.05) is 19.3 Å².